The van der Waals surface area contributed by atoms with E-state index < -0.39 is 0 Å². The molecule has 0 aliphatic heterocycles. The molecule has 1 nitrogen and oxygen atoms in total. The molecule has 0 amide bonds. The van der Waals surface area contributed by atoms with Crippen LogP contribution >= 0.6 is 22.6 Å². The molecule has 3 rings (SSSR count). The van der Waals surface area contributed by atoms with Gasteiger partial charge < -0.3 is 5.73 Å². The highest BCUT2D eigenvalue weighted by atomic mass is 127. The molecule has 3 fully saturated rings. The van der Waals surface area contributed by atoms with Gasteiger partial charge in [0, 0.05) is 3.42 Å². The van der Waals surface area contributed by atoms with Crippen LogP contribution in [0.5, 0.6) is 0 Å². The minimum atomic E-state index is 0.756. The predicted molar refractivity (Wildman–Crippen MR) is 51.3 cm³/mol. The fraction of sp³-hybridized carbons (Fsp3) is 1.00. The van der Waals surface area contributed by atoms with Crippen LogP contribution in [-0.4, -0.2) is 9.97 Å². The van der Waals surface area contributed by atoms with Crippen LogP contribution in [0, 0.1) is 5.41 Å². The molecule has 0 heterocycles. The molecular formula is C8H14IN. The topological polar surface area (TPSA) is 26.0 Å². The van der Waals surface area contributed by atoms with E-state index in [1.165, 1.54) is 32.1 Å². The van der Waals surface area contributed by atoms with Gasteiger partial charge in [-0.05, 0) is 44.1 Å². The summed E-state index contributed by atoms with van der Waals surface area (Å²) in [5, 5.41) is 0. The highest BCUT2D eigenvalue weighted by Crippen LogP contribution is 2.73. The third kappa shape index (κ3) is 0.916. The first-order chi connectivity index (χ1) is 4.68. The van der Waals surface area contributed by atoms with Crippen molar-refractivity contribution in [2.24, 2.45) is 11.1 Å². The van der Waals surface area contributed by atoms with Crippen LogP contribution in [0.15, 0.2) is 0 Å². The molecule has 0 spiro atoms. The number of alkyl halides is 1. The zero-order chi connectivity index (χ0) is 7.24. The molecule has 3 aliphatic rings. The number of halogens is 1. The highest BCUT2D eigenvalue weighted by molar-refractivity contribution is 14.1. The number of nitrogens with two attached hydrogens (primary N) is 1. The Morgan fingerprint density at radius 1 is 1.30 bits per heavy atom. The molecule has 0 saturated heterocycles. The van der Waals surface area contributed by atoms with Gasteiger partial charge in [0.25, 0.3) is 0 Å². The lowest BCUT2D eigenvalue weighted by Gasteiger charge is -2.68. The fourth-order valence-corrected chi connectivity index (χ4v) is 5.03. The first-order valence-corrected chi connectivity index (χ1v) is 5.15. The Morgan fingerprint density at radius 2 is 1.90 bits per heavy atom. The molecule has 2 bridgehead atoms. The fourth-order valence-electron chi connectivity index (χ4n) is 2.60. The lowest BCUT2D eigenvalue weighted by atomic mass is 9.43. The summed E-state index contributed by atoms with van der Waals surface area (Å²) in [6, 6.07) is 0. The van der Waals surface area contributed by atoms with E-state index in [1.807, 2.05) is 0 Å². The molecular weight excluding hydrogens is 237 g/mol. The molecule has 0 aromatic heterocycles. The average molecular weight is 251 g/mol. The molecule has 0 unspecified atom stereocenters. The summed E-state index contributed by atoms with van der Waals surface area (Å²) in [6.07, 6.45) is 7.10. The van der Waals surface area contributed by atoms with Crippen molar-refractivity contribution < 1.29 is 0 Å². The van der Waals surface area contributed by atoms with E-state index in [0.717, 1.165) is 15.4 Å². The molecule has 0 radical (unpaired) electrons. The van der Waals surface area contributed by atoms with Gasteiger partial charge in [0.15, 0.2) is 0 Å². The Morgan fingerprint density at radius 3 is 2.30 bits per heavy atom. The second-order valence-corrected chi connectivity index (χ2v) is 6.36. The number of rotatable bonds is 3. The highest BCUT2D eigenvalue weighted by Gasteiger charge is 2.65. The van der Waals surface area contributed by atoms with Crippen molar-refractivity contribution in [3.05, 3.63) is 0 Å². The van der Waals surface area contributed by atoms with E-state index in [2.05, 4.69) is 22.6 Å². The average Bonchev–Trinajstić information content (AvgIpc) is 1.75. The van der Waals surface area contributed by atoms with Crippen LogP contribution in [0.4, 0.5) is 0 Å². The summed E-state index contributed by atoms with van der Waals surface area (Å²) >= 11 is 2.62. The van der Waals surface area contributed by atoms with Crippen molar-refractivity contribution in [3.8, 4) is 0 Å². The van der Waals surface area contributed by atoms with Crippen molar-refractivity contribution in [2.45, 2.75) is 35.5 Å². The third-order valence-corrected chi connectivity index (χ3v) is 4.13. The lowest BCUT2D eigenvalue weighted by Crippen LogP contribution is -2.62. The van der Waals surface area contributed by atoms with Gasteiger partial charge in [-0.3, -0.25) is 0 Å². The standard InChI is InChI=1S/C8H14IN/c9-8-4-7(5-8,6-8)2-1-3-10/h1-6,10H2. The second-order valence-electron chi connectivity index (χ2n) is 4.07. The summed E-state index contributed by atoms with van der Waals surface area (Å²) in [4.78, 5) is 0. The van der Waals surface area contributed by atoms with Gasteiger partial charge in [0.05, 0.1) is 0 Å². The normalized spacial score (nSPS) is 49.8. The van der Waals surface area contributed by atoms with Gasteiger partial charge in [0.1, 0.15) is 0 Å². The van der Waals surface area contributed by atoms with Gasteiger partial charge in [-0.1, -0.05) is 22.6 Å². The molecule has 0 aromatic rings. The van der Waals surface area contributed by atoms with Crippen LogP contribution in [0.1, 0.15) is 32.1 Å². The smallest absolute Gasteiger partial charge is 0.0238 e. The van der Waals surface area contributed by atoms with E-state index >= 15 is 0 Å². The third-order valence-electron chi connectivity index (χ3n) is 2.99. The Labute approximate surface area is 75.9 Å². The van der Waals surface area contributed by atoms with Crippen LogP contribution in [0.25, 0.3) is 0 Å². The van der Waals surface area contributed by atoms with Gasteiger partial charge in [-0.15, -0.1) is 0 Å². The molecule has 58 valence electrons. The van der Waals surface area contributed by atoms with E-state index in [1.54, 1.807) is 0 Å². The lowest BCUT2D eigenvalue weighted by molar-refractivity contribution is -0.0702. The SMILES string of the molecule is NCCCC12CC(I)(C1)C2. The Bertz CT molecular complexity index is 136. The number of hydrogen-bond acceptors (Lipinski definition) is 1. The maximum atomic E-state index is 5.46. The van der Waals surface area contributed by atoms with Crippen molar-refractivity contribution in [1.29, 1.82) is 0 Å². The zero-order valence-corrected chi connectivity index (χ0v) is 8.36. The molecule has 0 atom stereocenters. The van der Waals surface area contributed by atoms with Gasteiger partial charge in [0.2, 0.25) is 0 Å². The minimum Gasteiger partial charge on any atom is -0.330 e. The predicted octanol–water partition coefficient (Wildman–Crippen LogP) is 2.08. The van der Waals surface area contributed by atoms with Gasteiger partial charge >= 0.3 is 0 Å². The van der Waals surface area contributed by atoms with Gasteiger partial charge in [-0.2, -0.15) is 0 Å². The molecule has 3 saturated carbocycles. The van der Waals surface area contributed by atoms with Crippen molar-refractivity contribution in [1.82, 2.24) is 0 Å². The quantitative estimate of drug-likeness (QED) is 0.603. The van der Waals surface area contributed by atoms with Gasteiger partial charge in [-0.25, -0.2) is 0 Å². The van der Waals surface area contributed by atoms with Crippen molar-refractivity contribution in [2.75, 3.05) is 6.54 Å². The van der Waals surface area contributed by atoms with Crippen LogP contribution in [0.3, 0.4) is 0 Å². The Kier molecular flexibility index (Phi) is 1.54. The molecule has 10 heavy (non-hydrogen) atoms. The Balaban J connectivity index is 1.77. The summed E-state index contributed by atoms with van der Waals surface area (Å²) < 4.78 is 0.756. The van der Waals surface area contributed by atoms with Crippen LogP contribution in [-0.2, 0) is 0 Å². The maximum Gasteiger partial charge on any atom is 0.0238 e. The summed E-state index contributed by atoms with van der Waals surface area (Å²) in [6.45, 7) is 0.885. The number of hydrogen-bond donors (Lipinski definition) is 1. The first-order valence-electron chi connectivity index (χ1n) is 4.07. The monoisotopic (exact) mass is 251 g/mol. The van der Waals surface area contributed by atoms with Crippen LogP contribution in [0.2, 0.25) is 0 Å². The van der Waals surface area contributed by atoms with E-state index in [-0.39, 0.29) is 0 Å². The summed E-state index contributed by atoms with van der Waals surface area (Å²) in [7, 11) is 0. The van der Waals surface area contributed by atoms with Crippen LogP contribution < -0.4 is 5.73 Å². The van der Waals surface area contributed by atoms with Crippen molar-refractivity contribution in [3.63, 3.8) is 0 Å². The van der Waals surface area contributed by atoms with Crippen molar-refractivity contribution >= 4 is 22.6 Å². The molecule has 2 heteroatoms. The zero-order valence-electron chi connectivity index (χ0n) is 6.20. The largest absolute Gasteiger partial charge is 0.330 e. The first kappa shape index (κ1) is 7.35. The molecule has 0 aromatic carbocycles. The minimum absolute atomic E-state index is 0.756. The summed E-state index contributed by atoms with van der Waals surface area (Å²) in [5.41, 5.74) is 6.26. The molecule has 3 aliphatic carbocycles. The van der Waals surface area contributed by atoms with E-state index in [9.17, 15) is 0 Å². The summed E-state index contributed by atoms with van der Waals surface area (Å²) in [5.74, 6) is 0. The maximum absolute atomic E-state index is 5.46. The second kappa shape index (κ2) is 2.09. The van der Waals surface area contributed by atoms with E-state index in [4.69, 9.17) is 5.73 Å². The molecule has 2 N–H and O–H groups in total. The van der Waals surface area contributed by atoms with E-state index in [0.29, 0.717) is 0 Å². The Hall–Kier alpha value is 0.690.